The first-order valence-corrected chi connectivity index (χ1v) is 11.6. The fourth-order valence-corrected chi connectivity index (χ4v) is 4.66. The molecule has 0 amide bonds. The van der Waals surface area contributed by atoms with Crippen molar-refractivity contribution in [2.45, 2.75) is 44.9 Å². The number of rotatable bonds is 4. The smallest absolute Gasteiger partial charge is 0.151 e. The van der Waals surface area contributed by atoms with E-state index in [0.717, 1.165) is 22.7 Å². The number of hydrogen-bond acceptors (Lipinski definition) is 5. The lowest BCUT2D eigenvalue weighted by Crippen LogP contribution is -2.43. The Morgan fingerprint density at radius 2 is 1.97 bits per heavy atom. The zero-order valence-electron chi connectivity index (χ0n) is 18.4. The number of nitrogens with zero attached hydrogens (tertiary/aromatic N) is 6. The molecule has 1 saturated carbocycles. The number of hydrogen-bond donors (Lipinski definition) is 0. The van der Waals surface area contributed by atoms with E-state index in [-0.39, 0.29) is 12.2 Å². The van der Waals surface area contributed by atoms with E-state index in [1.165, 1.54) is 18.9 Å². The summed E-state index contributed by atoms with van der Waals surface area (Å²) in [4.78, 5) is 11.7. The van der Waals surface area contributed by atoms with E-state index in [4.69, 9.17) is 21.3 Å². The summed E-state index contributed by atoms with van der Waals surface area (Å²) in [5, 5.41) is 4.88. The van der Waals surface area contributed by atoms with Crippen LogP contribution in [0.5, 0.6) is 0 Å². The summed E-state index contributed by atoms with van der Waals surface area (Å²) < 4.78 is 25.0. The van der Waals surface area contributed by atoms with Crippen molar-refractivity contribution < 1.29 is 9.13 Å². The number of halogens is 2. The molecule has 3 aromatic heterocycles. The molecule has 0 spiro atoms. The van der Waals surface area contributed by atoms with Gasteiger partial charge in [0.05, 0.1) is 36.1 Å². The Balaban J connectivity index is 1.39. The fraction of sp³-hybridized carbons (Fsp3) is 0.375. The number of ether oxygens (including phenoxy) is 1. The highest BCUT2D eigenvalue weighted by molar-refractivity contribution is 6.30. The molecule has 0 N–H and O–H groups in total. The van der Waals surface area contributed by atoms with E-state index >= 15 is 0 Å². The SMILES string of the molecule is Cc1cn2c(-c3ccc(Cl)cc3F)nc(N3C[C@@H](C)O[C@@H](c4cnn(C5CC5)c4)C3)cc2n1. The first-order chi connectivity index (χ1) is 15.9. The predicted molar refractivity (Wildman–Crippen MR) is 124 cm³/mol. The van der Waals surface area contributed by atoms with Gasteiger partial charge in [-0.05, 0) is 44.9 Å². The van der Waals surface area contributed by atoms with E-state index in [1.54, 1.807) is 12.1 Å². The lowest BCUT2D eigenvalue weighted by molar-refractivity contribution is -0.0176. The number of fused-ring (bicyclic) bond motifs is 1. The van der Waals surface area contributed by atoms with E-state index < -0.39 is 5.82 Å². The summed E-state index contributed by atoms with van der Waals surface area (Å²) in [6, 6.07) is 7.13. The van der Waals surface area contributed by atoms with Crippen LogP contribution in [0.15, 0.2) is 42.9 Å². The maximum Gasteiger partial charge on any atom is 0.151 e. The molecule has 1 saturated heterocycles. The fourth-order valence-electron chi connectivity index (χ4n) is 4.50. The van der Waals surface area contributed by atoms with Crippen molar-refractivity contribution in [2.75, 3.05) is 18.0 Å². The zero-order valence-corrected chi connectivity index (χ0v) is 19.2. The second-order valence-corrected chi connectivity index (χ2v) is 9.43. The van der Waals surface area contributed by atoms with Gasteiger partial charge in [-0.15, -0.1) is 0 Å². The van der Waals surface area contributed by atoms with Crippen LogP contribution in [-0.4, -0.2) is 43.3 Å². The zero-order chi connectivity index (χ0) is 22.7. The quantitative estimate of drug-likeness (QED) is 0.424. The first kappa shape index (κ1) is 20.6. The van der Waals surface area contributed by atoms with Gasteiger partial charge in [-0.1, -0.05) is 11.6 Å². The molecule has 0 radical (unpaired) electrons. The predicted octanol–water partition coefficient (Wildman–Crippen LogP) is 5.00. The minimum Gasteiger partial charge on any atom is -0.367 e. The highest BCUT2D eigenvalue weighted by atomic mass is 35.5. The summed E-state index contributed by atoms with van der Waals surface area (Å²) in [6.45, 7) is 5.28. The number of aryl methyl sites for hydroxylation is 1. The molecule has 170 valence electrons. The summed E-state index contributed by atoms with van der Waals surface area (Å²) in [7, 11) is 0. The van der Waals surface area contributed by atoms with Crippen molar-refractivity contribution in [1.82, 2.24) is 24.1 Å². The molecule has 0 unspecified atom stereocenters. The molecule has 1 aliphatic carbocycles. The van der Waals surface area contributed by atoms with Crippen molar-refractivity contribution in [3.05, 3.63) is 65.0 Å². The van der Waals surface area contributed by atoms with E-state index in [9.17, 15) is 4.39 Å². The van der Waals surface area contributed by atoms with E-state index in [0.29, 0.717) is 35.5 Å². The number of anilines is 1. The molecular weight excluding hydrogens is 443 g/mol. The van der Waals surface area contributed by atoms with Crippen LogP contribution in [0.2, 0.25) is 5.02 Å². The molecule has 2 atom stereocenters. The van der Waals surface area contributed by atoms with Gasteiger partial charge < -0.3 is 9.64 Å². The van der Waals surface area contributed by atoms with Gasteiger partial charge >= 0.3 is 0 Å². The Hall–Kier alpha value is -2.97. The van der Waals surface area contributed by atoms with Crippen LogP contribution in [0, 0.1) is 12.7 Å². The van der Waals surface area contributed by atoms with Crippen molar-refractivity contribution in [3.8, 4) is 11.4 Å². The Morgan fingerprint density at radius 3 is 2.76 bits per heavy atom. The van der Waals surface area contributed by atoms with Crippen LogP contribution in [0.25, 0.3) is 17.0 Å². The lowest BCUT2D eigenvalue weighted by atomic mass is 10.1. The Kier molecular flexibility index (Phi) is 4.88. The summed E-state index contributed by atoms with van der Waals surface area (Å²) in [5.74, 6) is 0.821. The van der Waals surface area contributed by atoms with Crippen LogP contribution in [-0.2, 0) is 4.74 Å². The largest absolute Gasteiger partial charge is 0.367 e. The van der Waals surface area contributed by atoms with Gasteiger partial charge in [-0.3, -0.25) is 9.08 Å². The van der Waals surface area contributed by atoms with Gasteiger partial charge in [0.1, 0.15) is 23.4 Å². The highest BCUT2D eigenvalue weighted by Gasteiger charge is 2.31. The van der Waals surface area contributed by atoms with Crippen molar-refractivity contribution in [2.24, 2.45) is 0 Å². The maximum atomic E-state index is 14.9. The standard InChI is InChI=1S/C24H24ClFN6O/c1-14-10-31-23(28-14)8-22(29-24(31)19-6-3-17(25)7-20(19)26)30-11-15(2)33-21(13-30)16-9-27-32(12-16)18-4-5-18/h3,6-10,12,15,18,21H,4-5,11,13H2,1-2H3/t15-,21-/m1/s1. The summed E-state index contributed by atoms with van der Waals surface area (Å²) >= 11 is 5.99. The minimum atomic E-state index is -0.416. The molecule has 2 aliphatic rings. The van der Waals surface area contributed by atoms with E-state index in [2.05, 4.69) is 28.1 Å². The number of morpholine rings is 1. The van der Waals surface area contributed by atoms with Crippen LogP contribution in [0.1, 0.15) is 43.2 Å². The molecule has 4 heterocycles. The van der Waals surface area contributed by atoms with Gasteiger partial charge in [0.25, 0.3) is 0 Å². The molecule has 6 rings (SSSR count). The van der Waals surface area contributed by atoms with Gasteiger partial charge in [0, 0.05) is 35.6 Å². The van der Waals surface area contributed by atoms with Crippen LogP contribution in [0.3, 0.4) is 0 Å². The normalized spacial score (nSPS) is 21.2. The second kappa shape index (κ2) is 7.81. The average molecular weight is 467 g/mol. The third-order valence-electron chi connectivity index (χ3n) is 6.23. The topological polar surface area (TPSA) is 60.5 Å². The molecule has 7 nitrogen and oxygen atoms in total. The van der Waals surface area contributed by atoms with Crippen molar-refractivity contribution in [1.29, 1.82) is 0 Å². The van der Waals surface area contributed by atoms with E-state index in [1.807, 2.05) is 34.5 Å². The monoisotopic (exact) mass is 466 g/mol. The summed E-state index contributed by atoms with van der Waals surface area (Å²) in [5.41, 5.74) is 3.01. The Bertz CT molecular complexity index is 1350. The molecule has 4 aromatic rings. The highest BCUT2D eigenvalue weighted by Crippen LogP contribution is 2.36. The first-order valence-electron chi connectivity index (χ1n) is 11.2. The Morgan fingerprint density at radius 1 is 1.12 bits per heavy atom. The molecule has 9 heteroatoms. The third kappa shape index (κ3) is 3.87. The molecule has 1 aromatic carbocycles. The van der Waals surface area contributed by atoms with Crippen LogP contribution < -0.4 is 4.90 Å². The molecule has 1 aliphatic heterocycles. The van der Waals surface area contributed by atoms with Crippen molar-refractivity contribution >= 4 is 23.1 Å². The van der Waals surface area contributed by atoms with Crippen LogP contribution >= 0.6 is 11.6 Å². The Labute approximate surface area is 195 Å². The number of imidazole rings is 1. The molecule has 0 bridgehead atoms. The third-order valence-corrected chi connectivity index (χ3v) is 6.47. The van der Waals surface area contributed by atoms with Gasteiger partial charge in [-0.25, -0.2) is 14.4 Å². The van der Waals surface area contributed by atoms with Crippen molar-refractivity contribution in [3.63, 3.8) is 0 Å². The molecule has 2 fully saturated rings. The van der Waals surface area contributed by atoms with Crippen LogP contribution in [0.4, 0.5) is 10.2 Å². The van der Waals surface area contributed by atoms with Gasteiger partial charge in [-0.2, -0.15) is 5.10 Å². The molecular formula is C24H24ClFN6O. The maximum absolute atomic E-state index is 14.9. The minimum absolute atomic E-state index is 0.00301. The lowest BCUT2D eigenvalue weighted by Gasteiger charge is -2.37. The number of aromatic nitrogens is 5. The number of benzene rings is 1. The van der Waals surface area contributed by atoms with Gasteiger partial charge in [0.15, 0.2) is 5.82 Å². The summed E-state index contributed by atoms with van der Waals surface area (Å²) in [6.07, 6.45) is 8.13. The molecule has 33 heavy (non-hydrogen) atoms. The average Bonchev–Trinajstić information content (AvgIpc) is 3.37. The second-order valence-electron chi connectivity index (χ2n) is 9.00. The van der Waals surface area contributed by atoms with Gasteiger partial charge in [0.2, 0.25) is 0 Å².